The number of carbonyl (C=O) groups excluding carboxylic acids is 2. The van der Waals surface area contributed by atoms with Gasteiger partial charge in [-0.25, -0.2) is 0 Å². The number of carbonyl (C=O) groups is 2. The van der Waals surface area contributed by atoms with Gasteiger partial charge in [0.15, 0.2) is 23.0 Å². The summed E-state index contributed by atoms with van der Waals surface area (Å²) in [4.78, 5) is 44.1. The molecular weight excluding hydrogens is 924 g/mol. The van der Waals surface area contributed by atoms with Gasteiger partial charge in [0.2, 0.25) is 0 Å². The van der Waals surface area contributed by atoms with Crippen molar-refractivity contribution in [2.45, 2.75) is 13.1 Å². The Bertz CT molecular complexity index is 1630. The zero-order valence-electron chi connectivity index (χ0n) is 36.5. The van der Waals surface area contributed by atoms with Gasteiger partial charge >= 0.3 is 11.9 Å². The lowest BCUT2D eigenvalue weighted by Crippen LogP contribution is -2.42. The van der Waals surface area contributed by atoms with E-state index in [1.807, 2.05) is 0 Å². The first kappa shape index (κ1) is 57.5. The molecule has 0 fully saturated rings. The summed E-state index contributed by atoms with van der Waals surface area (Å²) >= 11 is 3.22. The fourth-order valence-corrected chi connectivity index (χ4v) is 5.43. The number of aliphatic hydroxyl groups excluding tert-OH is 3. The third-order valence-electron chi connectivity index (χ3n) is 8.28. The van der Waals surface area contributed by atoms with E-state index in [-0.39, 0.29) is 142 Å². The van der Waals surface area contributed by atoms with Crippen LogP contribution in [0, 0.1) is 25.6 Å². The van der Waals surface area contributed by atoms with Crippen molar-refractivity contribution in [2.75, 3.05) is 146 Å². The maximum Gasteiger partial charge on any atom is 0.319 e. The summed E-state index contributed by atoms with van der Waals surface area (Å²) in [6, 6.07) is 5.56. The number of hydrogen-bond acceptors (Lipinski definition) is 22. The van der Waals surface area contributed by atoms with E-state index in [4.69, 9.17) is 58.0 Å². The van der Waals surface area contributed by atoms with Crippen molar-refractivity contribution in [3.05, 3.63) is 55.6 Å². The van der Waals surface area contributed by atoms with Crippen molar-refractivity contribution in [2.24, 2.45) is 5.41 Å². The van der Waals surface area contributed by atoms with E-state index in [2.05, 4.69) is 36.0 Å². The summed E-state index contributed by atoms with van der Waals surface area (Å²) in [5.41, 5.74) is -0.355. The van der Waals surface area contributed by atoms with E-state index in [0.717, 1.165) is 0 Å². The van der Waals surface area contributed by atoms with Crippen molar-refractivity contribution in [3.63, 3.8) is 0 Å². The van der Waals surface area contributed by atoms with Gasteiger partial charge in [0, 0.05) is 29.5 Å². The molecule has 364 valence electrons. The van der Waals surface area contributed by atoms with Crippen LogP contribution in [0.5, 0.6) is 23.0 Å². The zero-order chi connectivity index (χ0) is 47.6. The average Bonchev–Trinajstić information content (AvgIpc) is 3.29. The van der Waals surface area contributed by atoms with Crippen LogP contribution >= 0.6 is 15.9 Å². The van der Waals surface area contributed by atoms with E-state index in [1.54, 1.807) is 0 Å². The molecule has 5 N–H and O–H groups in total. The Hall–Kier alpha value is -4.54. The molecule has 0 aliphatic carbocycles. The van der Waals surface area contributed by atoms with Crippen LogP contribution in [0.15, 0.2) is 24.3 Å². The van der Waals surface area contributed by atoms with Gasteiger partial charge in [-0.05, 0) is 12.1 Å². The Labute approximate surface area is 379 Å². The predicted octanol–water partition coefficient (Wildman–Crippen LogP) is 0.931. The molecule has 0 unspecified atom stereocenters. The van der Waals surface area contributed by atoms with E-state index >= 15 is 0 Å². The summed E-state index contributed by atoms with van der Waals surface area (Å²) in [7, 11) is 5.38. The SMILES string of the molecule is COC(=O)CNCc1cc(OC)c(OCCBr)cc1[N+](=O)[O-].COC(=O)CNCc1cc(OC)c(OCCOCCOCC(COCCO)(COCCO)COCCO)cc1[N+](=O)[O-]. The fourth-order valence-electron chi connectivity index (χ4n) is 5.27. The number of ether oxygens (including phenoxy) is 11. The summed E-state index contributed by atoms with van der Waals surface area (Å²) in [5, 5.41) is 56.1. The number of halogens is 1. The third-order valence-corrected chi connectivity index (χ3v) is 8.60. The van der Waals surface area contributed by atoms with Crippen LogP contribution in [-0.2, 0) is 55.8 Å². The molecule has 0 radical (unpaired) electrons. The first-order valence-electron chi connectivity index (χ1n) is 19.7. The number of benzene rings is 2. The fraction of sp³-hybridized carbons (Fsp3) is 0.641. The standard InChI is InChI=1S/C26H44N2O14.C13H17BrN2O6/c1-35-23-13-21(15-27-16-25(32)36-2)22(28(33)34)14-24(23)42-12-11-37-9-10-41-20-26(17-38-6-3-29,18-39-7-4-30)19-40-8-5-31;1-20-11-5-9(7-15-8-13(17)21-2)10(16(18)19)6-12(11)22-4-3-14/h13-14,27,29-31H,3-12,15-20H2,1-2H3;5-6,15H,3-4,7-8H2,1-2H3. The van der Waals surface area contributed by atoms with Crippen molar-refractivity contribution in [1.29, 1.82) is 0 Å². The minimum absolute atomic E-state index is 0.0428. The second kappa shape index (κ2) is 34.8. The van der Waals surface area contributed by atoms with Gasteiger partial charge in [0.05, 0.1) is 161 Å². The number of nitrogens with one attached hydrogen (secondary N) is 2. The molecule has 2 aromatic rings. The number of nitrogens with zero attached hydrogens (tertiary/aromatic N) is 2. The second-order valence-electron chi connectivity index (χ2n) is 13.0. The van der Waals surface area contributed by atoms with Gasteiger partial charge in [0.1, 0.15) is 6.61 Å². The minimum Gasteiger partial charge on any atom is -0.493 e. The average molecular weight is 986 g/mol. The van der Waals surface area contributed by atoms with Gasteiger partial charge < -0.3 is 78.1 Å². The monoisotopic (exact) mass is 984 g/mol. The number of rotatable bonds is 36. The number of methoxy groups -OCH3 is 4. The summed E-state index contributed by atoms with van der Waals surface area (Å²) < 4.78 is 58.5. The van der Waals surface area contributed by atoms with Gasteiger partial charge in [-0.2, -0.15) is 0 Å². The van der Waals surface area contributed by atoms with Crippen LogP contribution < -0.4 is 29.6 Å². The molecule has 0 heterocycles. The summed E-state index contributed by atoms with van der Waals surface area (Å²) in [6.07, 6.45) is 0. The quantitative estimate of drug-likeness (QED) is 0.0209. The first-order chi connectivity index (χ1) is 30.9. The molecule has 24 nitrogen and oxygen atoms in total. The molecule has 0 saturated carbocycles. The van der Waals surface area contributed by atoms with Gasteiger partial charge in [-0.3, -0.25) is 29.8 Å². The first-order valence-corrected chi connectivity index (χ1v) is 20.8. The number of hydrogen-bond donors (Lipinski definition) is 5. The van der Waals surface area contributed by atoms with Crippen LogP contribution in [0.3, 0.4) is 0 Å². The van der Waals surface area contributed by atoms with Crippen LogP contribution in [0.4, 0.5) is 11.4 Å². The maximum atomic E-state index is 11.6. The Balaban J connectivity index is 0.000000779. The number of alkyl halides is 1. The van der Waals surface area contributed by atoms with Gasteiger partial charge in [-0.1, -0.05) is 15.9 Å². The van der Waals surface area contributed by atoms with Crippen LogP contribution in [0.25, 0.3) is 0 Å². The number of nitro benzene ring substituents is 2. The summed E-state index contributed by atoms with van der Waals surface area (Å²) in [6.45, 7) is 1.58. The van der Waals surface area contributed by atoms with E-state index in [0.29, 0.717) is 34.6 Å². The van der Waals surface area contributed by atoms with Crippen LogP contribution in [0.2, 0.25) is 0 Å². The minimum atomic E-state index is -0.741. The molecule has 0 amide bonds. The summed E-state index contributed by atoms with van der Waals surface area (Å²) in [5.74, 6) is 0.184. The Morgan fingerprint density at radius 1 is 0.578 bits per heavy atom. The normalized spacial score (nSPS) is 11.0. The van der Waals surface area contributed by atoms with Crippen molar-refractivity contribution >= 4 is 39.2 Å². The molecule has 2 aromatic carbocycles. The number of nitro groups is 2. The molecule has 0 spiro atoms. The molecule has 0 bridgehead atoms. The lowest BCUT2D eigenvalue weighted by atomic mass is 9.92. The van der Waals surface area contributed by atoms with E-state index < -0.39 is 27.2 Å². The Kier molecular flexibility index (Phi) is 31.3. The molecule has 64 heavy (non-hydrogen) atoms. The van der Waals surface area contributed by atoms with Crippen LogP contribution in [0.1, 0.15) is 11.1 Å². The highest BCUT2D eigenvalue weighted by Crippen LogP contribution is 2.36. The molecule has 25 heteroatoms. The molecular formula is C39H61BrN4O20. The lowest BCUT2D eigenvalue weighted by Gasteiger charge is -2.32. The van der Waals surface area contributed by atoms with Crippen molar-refractivity contribution < 1.29 is 86.9 Å². The van der Waals surface area contributed by atoms with Crippen molar-refractivity contribution in [3.8, 4) is 23.0 Å². The third kappa shape index (κ3) is 22.9. The maximum absolute atomic E-state index is 11.6. The highest BCUT2D eigenvalue weighted by Gasteiger charge is 2.32. The van der Waals surface area contributed by atoms with E-state index in [9.17, 15) is 29.8 Å². The second-order valence-corrected chi connectivity index (χ2v) is 13.8. The molecule has 0 atom stereocenters. The lowest BCUT2D eigenvalue weighted by molar-refractivity contribution is -0.385. The smallest absolute Gasteiger partial charge is 0.319 e. The van der Waals surface area contributed by atoms with Crippen LogP contribution in [-0.4, -0.2) is 183 Å². The molecule has 0 aliphatic heterocycles. The Morgan fingerprint density at radius 3 is 1.31 bits per heavy atom. The van der Waals surface area contributed by atoms with Gasteiger partial charge in [-0.15, -0.1) is 0 Å². The number of aliphatic hydroxyl groups is 3. The predicted molar refractivity (Wildman–Crippen MR) is 229 cm³/mol. The largest absolute Gasteiger partial charge is 0.493 e. The molecule has 2 rings (SSSR count). The van der Waals surface area contributed by atoms with Gasteiger partial charge in [0.25, 0.3) is 11.4 Å². The number of esters is 2. The Morgan fingerprint density at radius 2 is 0.953 bits per heavy atom. The van der Waals surface area contributed by atoms with E-state index in [1.165, 1.54) is 52.7 Å². The molecule has 0 saturated heterocycles. The molecule has 0 aromatic heterocycles. The highest BCUT2D eigenvalue weighted by atomic mass is 79.9. The zero-order valence-corrected chi connectivity index (χ0v) is 38.1. The highest BCUT2D eigenvalue weighted by molar-refractivity contribution is 9.09. The van der Waals surface area contributed by atoms with Crippen molar-refractivity contribution in [1.82, 2.24) is 10.6 Å². The molecule has 0 aliphatic rings. The topological polar surface area (TPSA) is 307 Å².